The molecule has 26 heavy (non-hydrogen) atoms. The Morgan fingerprint density at radius 3 is 2.50 bits per heavy atom. The van der Waals surface area contributed by atoms with Gasteiger partial charge in [0.1, 0.15) is 21.7 Å². The van der Waals surface area contributed by atoms with Crippen LogP contribution in [0.5, 0.6) is 11.5 Å². The number of aromatic nitrogens is 2. The molecule has 0 spiro atoms. The fourth-order valence-electron chi connectivity index (χ4n) is 2.43. The van der Waals surface area contributed by atoms with Crippen molar-refractivity contribution in [1.82, 2.24) is 15.0 Å². The lowest BCUT2D eigenvalue weighted by Crippen LogP contribution is -2.36. The first-order valence-corrected chi connectivity index (χ1v) is 8.75. The van der Waals surface area contributed by atoms with Gasteiger partial charge >= 0.3 is 0 Å². The molecule has 9 heteroatoms. The molecule has 8 nitrogen and oxygen atoms in total. The molecule has 3 rings (SSSR count). The van der Waals surface area contributed by atoms with Crippen LogP contribution in [0.25, 0.3) is 10.2 Å². The van der Waals surface area contributed by atoms with Crippen LogP contribution >= 0.6 is 11.3 Å². The minimum absolute atomic E-state index is 0.168. The number of likely N-dealkylation sites (N-methyl/N-ethyl adjacent to an activating group) is 1. The third kappa shape index (κ3) is 3.49. The Balaban J connectivity index is 2.06. The summed E-state index contributed by atoms with van der Waals surface area (Å²) in [6.45, 7) is 1.13. The second-order valence-electron chi connectivity index (χ2n) is 5.78. The van der Waals surface area contributed by atoms with Crippen LogP contribution in [0.15, 0.2) is 28.9 Å². The van der Waals surface area contributed by atoms with Crippen molar-refractivity contribution in [2.24, 2.45) is 0 Å². The van der Waals surface area contributed by atoms with Gasteiger partial charge in [0.25, 0.3) is 5.91 Å². The van der Waals surface area contributed by atoms with Gasteiger partial charge in [0.05, 0.1) is 20.4 Å². The summed E-state index contributed by atoms with van der Waals surface area (Å²) >= 11 is 1.37. The molecule has 0 aliphatic heterocycles. The van der Waals surface area contributed by atoms with Gasteiger partial charge in [-0.1, -0.05) is 16.5 Å². The van der Waals surface area contributed by atoms with Crippen molar-refractivity contribution < 1.29 is 18.8 Å². The molecule has 1 amide bonds. The monoisotopic (exact) mass is 376 g/mol. The zero-order valence-corrected chi connectivity index (χ0v) is 15.9. The lowest BCUT2D eigenvalue weighted by molar-refractivity contribution is 0.0949. The molecular formula is C17H20N4O4S. The molecule has 0 atom stereocenters. The highest BCUT2D eigenvalue weighted by molar-refractivity contribution is 7.22. The quantitative estimate of drug-likeness (QED) is 0.627. The highest BCUT2D eigenvalue weighted by Crippen LogP contribution is 2.40. The minimum Gasteiger partial charge on any atom is -0.495 e. The van der Waals surface area contributed by atoms with E-state index in [4.69, 9.17) is 14.0 Å². The number of rotatable bonds is 7. The maximum absolute atomic E-state index is 12.9. The van der Waals surface area contributed by atoms with Crippen LogP contribution in [0.3, 0.4) is 0 Å². The summed E-state index contributed by atoms with van der Waals surface area (Å²) in [6, 6.07) is 5.16. The summed E-state index contributed by atoms with van der Waals surface area (Å²) in [6.07, 6.45) is 1.45. The minimum atomic E-state index is -0.290. The number of methoxy groups -OCH3 is 2. The largest absolute Gasteiger partial charge is 0.495 e. The van der Waals surface area contributed by atoms with Gasteiger partial charge in [0.15, 0.2) is 5.13 Å². The van der Waals surface area contributed by atoms with E-state index >= 15 is 0 Å². The van der Waals surface area contributed by atoms with Gasteiger partial charge in [-0.25, -0.2) is 4.98 Å². The van der Waals surface area contributed by atoms with Crippen LogP contribution in [0.4, 0.5) is 5.13 Å². The highest BCUT2D eigenvalue weighted by Gasteiger charge is 2.25. The number of hydrogen-bond acceptors (Lipinski definition) is 8. The summed E-state index contributed by atoms with van der Waals surface area (Å²) in [5, 5.41) is 4.17. The molecule has 0 unspecified atom stereocenters. The molecule has 0 aliphatic rings. The summed E-state index contributed by atoms with van der Waals surface area (Å²) in [5.74, 6) is 1.19. The van der Waals surface area contributed by atoms with E-state index in [1.807, 2.05) is 25.1 Å². The van der Waals surface area contributed by atoms with Crippen molar-refractivity contribution in [2.75, 3.05) is 46.3 Å². The number of amides is 1. The molecule has 0 fully saturated rings. The molecule has 3 aromatic rings. The van der Waals surface area contributed by atoms with Crippen LogP contribution in [0.2, 0.25) is 0 Å². The molecule has 2 aromatic heterocycles. The van der Waals surface area contributed by atoms with Crippen molar-refractivity contribution in [2.45, 2.75) is 0 Å². The Morgan fingerprint density at radius 1 is 1.15 bits per heavy atom. The topological polar surface area (TPSA) is 80.9 Å². The Bertz CT molecular complexity index is 851. The van der Waals surface area contributed by atoms with Crippen LogP contribution in [-0.2, 0) is 0 Å². The average Bonchev–Trinajstić information content (AvgIpc) is 3.30. The number of benzene rings is 1. The number of anilines is 1. The summed E-state index contributed by atoms with van der Waals surface area (Å²) in [4.78, 5) is 21.1. The molecule has 0 saturated carbocycles. The van der Waals surface area contributed by atoms with E-state index in [-0.39, 0.29) is 11.7 Å². The summed E-state index contributed by atoms with van der Waals surface area (Å²) in [7, 11) is 7.08. The van der Waals surface area contributed by atoms with Crippen molar-refractivity contribution in [3.8, 4) is 11.5 Å². The maximum atomic E-state index is 12.9. The number of ether oxygens (including phenoxy) is 2. The number of fused-ring (bicyclic) bond motifs is 1. The van der Waals surface area contributed by atoms with Crippen molar-refractivity contribution in [3.05, 3.63) is 30.2 Å². The van der Waals surface area contributed by atoms with Crippen molar-refractivity contribution in [1.29, 1.82) is 0 Å². The van der Waals surface area contributed by atoms with E-state index in [0.29, 0.717) is 35.2 Å². The average molecular weight is 376 g/mol. The fourth-order valence-corrected chi connectivity index (χ4v) is 3.53. The van der Waals surface area contributed by atoms with Gasteiger partial charge in [0.2, 0.25) is 5.76 Å². The van der Waals surface area contributed by atoms with Crippen molar-refractivity contribution >= 4 is 32.6 Å². The summed E-state index contributed by atoms with van der Waals surface area (Å²) < 4.78 is 16.7. The normalized spacial score (nSPS) is 11.1. The van der Waals surface area contributed by atoms with Crippen LogP contribution in [-0.4, -0.2) is 62.4 Å². The lowest BCUT2D eigenvalue weighted by Gasteiger charge is -2.20. The number of thiazole rings is 1. The highest BCUT2D eigenvalue weighted by atomic mass is 32.1. The first-order valence-electron chi connectivity index (χ1n) is 7.94. The Labute approximate surface area is 154 Å². The fraction of sp³-hybridized carbons (Fsp3) is 0.353. The molecular weight excluding hydrogens is 356 g/mol. The molecule has 1 aromatic carbocycles. The SMILES string of the molecule is COc1ccc(OC)c2sc(N(CCN(C)C)C(=O)c3ccno3)nc12. The third-order valence-corrected chi connectivity index (χ3v) is 4.89. The predicted molar refractivity (Wildman–Crippen MR) is 99.5 cm³/mol. The van der Waals surface area contributed by atoms with E-state index in [0.717, 1.165) is 4.70 Å². The number of nitrogens with zero attached hydrogens (tertiary/aromatic N) is 4. The van der Waals surface area contributed by atoms with E-state index in [1.54, 1.807) is 31.3 Å². The molecule has 0 N–H and O–H groups in total. The molecule has 0 radical (unpaired) electrons. The number of hydrogen-bond donors (Lipinski definition) is 0. The second kappa shape index (κ2) is 7.71. The Kier molecular flexibility index (Phi) is 5.38. The first kappa shape index (κ1) is 18.2. The van der Waals surface area contributed by atoms with Crippen LogP contribution < -0.4 is 14.4 Å². The predicted octanol–water partition coefficient (Wildman–Crippen LogP) is 2.51. The maximum Gasteiger partial charge on any atom is 0.298 e. The van der Waals surface area contributed by atoms with Crippen molar-refractivity contribution in [3.63, 3.8) is 0 Å². The van der Waals surface area contributed by atoms with Gasteiger partial charge in [0, 0.05) is 19.2 Å². The standard InChI is InChI=1S/C17H20N4O4S/c1-20(2)9-10-21(16(22)13-7-8-18-25-13)17-19-14-11(23-3)5-6-12(24-4)15(14)26-17/h5-8H,9-10H2,1-4H3. The van der Waals surface area contributed by atoms with E-state index < -0.39 is 0 Å². The lowest BCUT2D eigenvalue weighted by atomic mass is 10.3. The molecule has 0 saturated heterocycles. The zero-order valence-electron chi connectivity index (χ0n) is 15.1. The molecule has 0 bridgehead atoms. The number of carbonyl (C=O) groups is 1. The van der Waals surface area contributed by atoms with E-state index in [9.17, 15) is 4.79 Å². The molecule has 2 heterocycles. The van der Waals surface area contributed by atoms with Gasteiger partial charge in [-0.2, -0.15) is 0 Å². The van der Waals surface area contributed by atoms with Gasteiger partial charge < -0.3 is 18.9 Å². The van der Waals surface area contributed by atoms with Gasteiger partial charge in [-0.15, -0.1) is 0 Å². The second-order valence-corrected chi connectivity index (χ2v) is 6.76. The molecule has 138 valence electrons. The van der Waals surface area contributed by atoms with E-state index in [2.05, 4.69) is 10.1 Å². The zero-order chi connectivity index (χ0) is 18.7. The molecule has 0 aliphatic carbocycles. The number of carbonyl (C=O) groups excluding carboxylic acids is 1. The van der Waals surface area contributed by atoms with Gasteiger partial charge in [-0.05, 0) is 26.2 Å². The smallest absolute Gasteiger partial charge is 0.298 e. The van der Waals surface area contributed by atoms with Crippen LogP contribution in [0, 0.1) is 0 Å². The van der Waals surface area contributed by atoms with E-state index in [1.165, 1.54) is 17.5 Å². The van der Waals surface area contributed by atoms with Gasteiger partial charge in [-0.3, -0.25) is 9.69 Å². The van der Waals surface area contributed by atoms with Crippen LogP contribution in [0.1, 0.15) is 10.6 Å². The Hall–Kier alpha value is -2.65. The first-order chi connectivity index (χ1) is 12.5. The third-order valence-electron chi connectivity index (χ3n) is 3.79. The Morgan fingerprint density at radius 2 is 1.88 bits per heavy atom. The summed E-state index contributed by atoms with van der Waals surface area (Å²) in [5.41, 5.74) is 0.659.